The van der Waals surface area contributed by atoms with Gasteiger partial charge in [-0.3, -0.25) is 9.59 Å². The molecule has 2 atom stereocenters. The highest BCUT2D eigenvalue weighted by atomic mass is 32.2. The van der Waals surface area contributed by atoms with Gasteiger partial charge >= 0.3 is 11.9 Å². The van der Waals surface area contributed by atoms with Crippen LogP contribution in [0.3, 0.4) is 0 Å². The monoisotopic (exact) mass is 204 g/mol. The van der Waals surface area contributed by atoms with Gasteiger partial charge in [0.25, 0.3) is 0 Å². The van der Waals surface area contributed by atoms with Crippen molar-refractivity contribution in [1.29, 1.82) is 0 Å². The first-order valence-corrected chi connectivity index (χ1v) is 5.29. The van der Waals surface area contributed by atoms with E-state index in [1.54, 1.807) is 11.8 Å². The van der Waals surface area contributed by atoms with Crippen molar-refractivity contribution in [3.63, 3.8) is 0 Å². The molecule has 1 aliphatic rings. The average Bonchev–Trinajstić information content (AvgIpc) is 2.03. The molecule has 5 heteroatoms. The minimum atomic E-state index is -0.900. The fourth-order valence-corrected chi connectivity index (χ4v) is 2.83. The van der Waals surface area contributed by atoms with Crippen LogP contribution in [-0.2, 0) is 9.59 Å². The molecule has 1 fully saturated rings. The van der Waals surface area contributed by atoms with Crippen LogP contribution in [0.5, 0.6) is 0 Å². The predicted octanol–water partition coefficient (Wildman–Crippen LogP) is 0.915. The Labute approximate surface area is 80.3 Å². The Kier molecular flexibility index (Phi) is 3.59. The second-order valence-corrected chi connectivity index (χ2v) is 4.32. The molecule has 0 spiro atoms. The molecule has 0 radical (unpaired) electrons. The number of hydrogen-bond donors (Lipinski definition) is 2. The van der Waals surface area contributed by atoms with Crippen molar-refractivity contribution < 1.29 is 19.8 Å². The molecule has 0 bridgehead atoms. The molecule has 1 heterocycles. The third kappa shape index (κ3) is 2.91. The number of aliphatic carboxylic acids is 2. The minimum Gasteiger partial charge on any atom is -0.481 e. The van der Waals surface area contributed by atoms with Crippen molar-refractivity contribution in [2.75, 3.05) is 11.5 Å². The Morgan fingerprint density at radius 1 is 1.38 bits per heavy atom. The summed E-state index contributed by atoms with van der Waals surface area (Å²) in [7, 11) is 0. The lowest BCUT2D eigenvalue weighted by atomic mass is 9.88. The Morgan fingerprint density at radius 3 is 2.62 bits per heavy atom. The van der Waals surface area contributed by atoms with Crippen LogP contribution < -0.4 is 0 Å². The van der Waals surface area contributed by atoms with Gasteiger partial charge in [0.1, 0.15) is 0 Å². The van der Waals surface area contributed by atoms with Crippen molar-refractivity contribution in [2.24, 2.45) is 11.8 Å². The van der Waals surface area contributed by atoms with Crippen LogP contribution in [0.15, 0.2) is 0 Å². The highest BCUT2D eigenvalue weighted by Gasteiger charge is 2.32. The van der Waals surface area contributed by atoms with Gasteiger partial charge < -0.3 is 10.2 Å². The van der Waals surface area contributed by atoms with Crippen LogP contribution in [0.25, 0.3) is 0 Å². The normalized spacial score (nSPS) is 28.3. The molecule has 0 aliphatic carbocycles. The lowest BCUT2D eigenvalue weighted by Gasteiger charge is -2.26. The van der Waals surface area contributed by atoms with E-state index in [1.807, 2.05) is 0 Å². The predicted molar refractivity (Wildman–Crippen MR) is 48.8 cm³/mol. The summed E-state index contributed by atoms with van der Waals surface area (Å²) in [6.45, 7) is 0. The van der Waals surface area contributed by atoms with Gasteiger partial charge in [0, 0.05) is 12.2 Å². The molecular weight excluding hydrogens is 192 g/mol. The smallest absolute Gasteiger partial charge is 0.307 e. The van der Waals surface area contributed by atoms with E-state index in [9.17, 15) is 9.59 Å². The van der Waals surface area contributed by atoms with Crippen LogP contribution >= 0.6 is 11.8 Å². The maximum absolute atomic E-state index is 10.7. The van der Waals surface area contributed by atoms with Crippen LogP contribution in [0.4, 0.5) is 0 Å². The molecule has 1 aliphatic heterocycles. The van der Waals surface area contributed by atoms with Gasteiger partial charge in [-0.2, -0.15) is 11.8 Å². The standard InChI is InChI=1S/C8H12O4S/c9-7(10)3-5-1-2-13-4-6(5)8(11)12/h5-6H,1-4H2,(H,9,10)(H,11,12). The van der Waals surface area contributed by atoms with E-state index in [0.717, 1.165) is 5.75 Å². The molecule has 74 valence electrons. The Hall–Kier alpha value is -0.710. The summed E-state index contributed by atoms with van der Waals surface area (Å²) in [6.07, 6.45) is 0.686. The molecular formula is C8H12O4S. The highest BCUT2D eigenvalue weighted by Crippen LogP contribution is 2.31. The van der Waals surface area contributed by atoms with Gasteiger partial charge in [0.15, 0.2) is 0 Å². The lowest BCUT2D eigenvalue weighted by molar-refractivity contribution is -0.144. The number of carbonyl (C=O) groups is 2. The number of carboxylic acid groups (broad SMARTS) is 2. The van der Waals surface area contributed by atoms with Crippen LogP contribution in [-0.4, -0.2) is 33.7 Å². The molecule has 13 heavy (non-hydrogen) atoms. The van der Waals surface area contributed by atoms with Gasteiger partial charge in [-0.25, -0.2) is 0 Å². The van der Waals surface area contributed by atoms with Crippen molar-refractivity contribution in [1.82, 2.24) is 0 Å². The molecule has 4 nitrogen and oxygen atoms in total. The molecule has 2 N–H and O–H groups in total. The fourth-order valence-electron chi connectivity index (χ4n) is 1.52. The first-order valence-electron chi connectivity index (χ1n) is 4.13. The van der Waals surface area contributed by atoms with Crippen molar-refractivity contribution in [3.05, 3.63) is 0 Å². The molecule has 1 rings (SSSR count). The summed E-state index contributed by atoms with van der Waals surface area (Å²) in [6, 6.07) is 0. The summed E-state index contributed by atoms with van der Waals surface area (Å²) in [5.74, 6) is -0.998. The highest BCUT2D eigenvalue weighted by molar-refractivity contribution is 7.99. The summed E-state index contributed by atoms with van der Waals surface area (Å²) >= 11 is 1.59. The number of thioether (sulfide) groups is 1. The van der Waals surface area contributed by atoms with E-state index in [2.05, 4.69) is 0 Å². The van der Waals surface area contributed by atoms with Gasteiger partial charge in [0.05, 0.1) is 5.92 Å². The largest absolute Gasteiger partial charge is 0.481 e. The van der Waals surface area contributed by atoms with Crippen LogP contribution in [0, 0.1) is 11.8 Å². The summed E-state index contributed by atoms with van der Waals surface area (Å²) in [5, 5.41) is 17.4. The Morgan fingerprint density at radius 2 is 2.08 bits per heavy atom. The quantitative estimate of drug-likeness (QED) is 0.714. The van der Waals surface area contributed by atoms with Gasteiger partial charge in [-0.05, 0) is 18.1 Å². The molecule has 0 aromatic rings. The molecule has 0 saturated carbocycles. The lowest BCUT2D eigenvalue weighted by Crippen LogP contribution is -2.31. The van der Waals surface area contributed by atoms with E-state index in [0.29, 0.717) is 12.2 Å². The molecule has 0 aromatic heterocycles. The minimum absolute atomic E-state index is 0.0163. The summed E-state index contributed by atoms with van der Waals surface area (Å²) < 4.78 is 0. The topological polar surface area (TPSA) is 74.6 Å². The number of rotatable bonds is 3. The summed E-state index contributed by atoms with van der Waals surface area (Å²) in [4.78, 5) is 21.2. The van der Waals surface area contributed by atoms with Gasteiger partial charge in [0.2, 0.25) is 0 Å². The fraction of sp³-hybridized carbons (Fsp3) is 0.750. The van der Waals surface area contributed by atoms with E-state index < -0.39 is 17.9 Å². The molecule has 1 saturated heterocycles. The van der Waals surface area contributed by atoms with Crippen LogP contribution in [0.1, 0.15) is 12.8 Å². The Balaban J connectivity index is 2.56. The maximum atomic E-state index is 10.7. The van der Waals surface area contributed by atoms with E-state index in [-0.39, 0.29) is 12.3 Å². The van der Waals surface area contributed by atoms with E-state index in [1.165, 1.54) is 0 Å². The average molecular weight is 204 g/mol. The van der Waals surface area contributed by atoms with Crippen molar-refractivity contribution in [2.45, 2.75) is 12.8 Å². The maximum Gasteiger partial charge on any atom is 0.307 e. The Bertz CT molecular complexity index is 216. The summed E-state index contributed by atoms with van der Waals surface area (Å²) in [5.41, 5.74) is 0. The first-order chi connectivity index (χ1) is 6.11. The zero-order valence-electron chi connectivity index (χ0n) is 7.10. The van der Waals surface area contributed by atoms with E-state index in [4.69, 9.17) is 10.2 Å². The van der Waals surface area contributed by atoms with Gasteiger partial charge in [-0.1, -0.05) is 0 Å². The number of hydrogen-bond acceptors (Lipinski definition) is 3. The molecule has 0 aromatic carbocycles. The second-order valence-electron chi connectivity index (χ2n) is 3.17. The van der Waals surface area contributed by atoms with Gasteiger partial charge in [-0.15, -0.1) is 0 Å². The molecule has 0 amide bonds. The van der Waals surface area contributed by atoms with Crippen molar-refractivity contribution >= 4 is 23.7 Å². The SMILES string of the molecule is O=C(O)CC1CCSCC1C(=O)O. The zero-order valence-corrected chi connectivity index (χ0v) is 7.92. The third-order valence-electron chi connectivity index (χ3n) is 2.25. The first kappa shape index (κ1) is 10.4. The third-order valence-corrected chi connectivity index (χ3v) is 3.37. The van der Waals surface area contributed by atoms with E-state index >= 15 is 0 Å². The zero-order chi connectivity index (χ0) is 9.84. The second kappa shape index (κ2) is 4.50. The van der Waals surface area contributed by atoms with Crippen LogP contribution in [0.2, 0.25) is 0 Å². The molecule has 2 unspecified atom stereocenters. The van der Waals surface area contributed by atoms with Crippen molar-refractivity contribution in [3.8, 4) is 0 Å². The number of carboxylic acids is 2.